The Morgan fingerprint density at radius 2 is 2.36 bits per heavy atom. The van der Waals surface area contributed by atoms with Crippen LogP contribution in [-0.2, 0) is 12.8 Å². The van der Waals surface area contributed by atoms with E-state index >= 15 is 0 Å². The fourth-order valence-electron chi connectivity index (χ4n) is 1.77. The third-order valence-electron chi connectivity index (χ3n) is 2.48. The van der Waals surface area contributed by atoms with E-state index in [2.05, 4.69) is 22.2 Å². The number of fused-ring (bicyclic) bond motifs is 1. The van der Waals surface area contributed by atoms with Gasteiger partial charge in [-0.15, -0.1) is 0 Å². The van der Waals surface area contributed by atoms with E-state index < -0.39 is 0 Å². The molecule has 0 saturated carbocycles. The predicted octanol–water partition coefficient (Wildman–Crippen LogP) is 1.08. The number of rotatable bonds is 3. The minimum atomic E-state index is 0.0334. The lowest BCUT2D eigenvalue weighted by molar-refractivity contribution is 0.896. The minimum absolute atomic E-state index is 0.0334. The first-order valence-corrected chi connectivity index (χ1v) is 5.17. The highest BCUT2D eigenvalue weighted by Gasteiger charge is 2.16. The zero-order chi connectivity index (χ0) is 9.97. The Morgan fingerprint density at radius 1 is 1.50 bits per heavy atom. The number of aryl methyl sites for hydroxylation is 1. The molecule has 0 unspecified atom stereocenters. The lowest BCUT2D eigenvalue weighted by atomic mass is 10.3. The third-order valence-corrected chi connectivity index (χ3v) is 2.48. The van der Waals surface area contributed by atoms with Gasteiger partial charge in [-0.05, 0) is 25.7 Å². The summed E-state index contributed by atoms with van der Waals surface area (Å²) >= 11 is 0. The van der Waals surface area contributed by atoms with Crippen molar-refractivity contribution in [3.63, 3.8) is 0 Å². The van der Waals surface area contributed by atoms with Crippen molar-refractivity contribution < 1.29 is 0 Å². The standard InChI is InChI=1S/C10H15N3O/c1-2-6-11-10-12-8-5-3-4-7(8)9(14)13-10/h2-6H2,1H3,(H2,11,12,13,14). The molecule has 0 atom stereocenters. The summed E-state index contributed by atoms with van der Waals surface area (Å²) in [5.74, 6) is 0.623. The molecule has 1 heterocycles. The highest BCUT2D eigenvalue weighted by Crippen LogP contribution is 2.16. The van der Waals surface area contributed by atoms with Crippen LogP contribution in [0, 0.1) is 0 Å². The van der Waals surface area contributed by atoms with E-state index in [-0.39, 0.29) is 5.56 Å². The monoisotopic (exact) mass is 193 g/mol. The molecule has 1 aromatic rings. The number of hydrogen-bond acceptors (Lipinski definition) is 3. The van der Waals surface area contributed by atoms with Crippen molar-refractivity contribution in [3.05, 3.63) is 21.6 Å². The maximum absolute atomic E-state index is 11.6. The summed E-state index contributed by atoms with van der Waals surface area (Å²) in [6, 6.07) is 0. The summed E-state index contributed by atoms with van der Waals surface area (Å²) in [6.45, 7) is 2.93. The van der Waals surface area contributed by atoms with Gasteiger partial charge in [-0.3, -0.25) is 9.78 Å². The SMILES string of the molecule is CCCNc1nc2c(c(=O)[nH]1)CCC2. The number of H-pyrrole nitrogens is 1. The first-order valence-electron chi connectivity index (χ1n) is 5.17. The summed E-state index contributed by atoms with van der Waals surface area (Å²) in [5, 5.41) is 3.10. The van der Waals surface area contributed by atoms with Gasteiger partial charge >= 0.3 is 0 Å². The van der Waals surface area contributed by atoms with Crippen LogP contribution < -0.4 is 10.9 Å². The maximum Gasteiger partial charge on any atom is 0.255 e. The topological polar surface area (TPSA) is 57.8 Å². The number of hydrogen-bond donors (Lipinski definition) is 2. The van der Waals surface area contributed by atoms with E-state index in [1.54, 1.807) is 0 Å². The molecular formula is C10H15N3O. The van der Waals surface area contributed by atoms with Crippen molar-refractivity contribution in [2.75, 3.05) is 11.9 Å². The molecule has 0 bridgehead atoms. The van der Waals surface area contributed by atoms with Crippen molar-refractivity contribution in [1.82, 2.24) is 9.97 Å². The summed E-state index contributed by atoms with van der Waals surface area (Å²) in [7, 11) is 0. The molecule has 0 amide bonds. The average Bonchev–Trinajstić information content (AvgIpc) is 2.63. The minimum Gasteiger partial charge on any atom is -0.356 e. The molecule has 1 aliphatic rings. The fraction of sp³-hybridized carbons (Fsp3) is 0.600. The van der Waals surface area contributed by atoms with Crippen LogP contribution >= 0.6 is 0 Å². The Kier molecular flexibility index (Phi) is 2.52. The van der Waals surface area contributed by atoms with Gasteiger partial charge in [0.05, 0.1) is 5.69 Å². The van der Waals surface area contributed by atoms with E-state index in [4.69, 9.17) is 0 Å². The van der Waals surface area contributed by atoms with E-state index in [1.165, 1.54) is 0 Å². The first kappa shape index (κ1) is 9.24. The molecule has 76 valence electrons. The molecule has 14 heavy (non-hydrogen) atoms. The molecule has 4 heteroatoms. The number of aromatic amines is 1. The molecule has 1 aromatic heterocycles. The fourth-order valence-corrected chi connectivity index (χ4v) is 1.77. The molecule has 2 N–H and O–H groups in total. The van der Waals surface area contributed by atoms with Crippen molar-refractivity contribution in [2.45, 2.75) is 32.6 Å². The quantitative estimate of drug-likeness (QED) is 0.755. The van der Waals surface area contributed by atoms with Gasteiger partial charge in [0.25, 0.3) is 5.56 Å². The van der Waals surface area contributed by atoms with Gasteiger partial charge < -0.3 is 5.32 Å². The van der Waals surface area contributed by atoms with Gasteiger partial charge in [0.2, 0.25) is 5.95 Å². The lowest BCUT2D eigenvalue weighted by Crippen LogP contribution is -2.17. The summed E-state index contributed by atoms with van der Waals surface area (Å²) in [5.41, 5.74) is 1.89. The van der Waals surface area contributed by atoms with Gasteiger partial charge in [0.1, 0.15) is 0 Å². The lowest BCUT2D eigenvalue weighted by Gasteiger charge is -2.05. The molecule has 2 rings (SSSR count). The molecular weight excluding hydrogens is 178 g/mol. The number of aromatic nitrogens is 2. The first-order chi connectivity index (χ1) is 6.81. The van der Waals surface area contributed by atoms with Crippen LogP contribution in [0.25, 0.3) is 0 Å². The van der Waals surface area contributed by atoms with Crippen LogP contribution in [0.2, 0.25) is 0 Å². The Hall–Kier alpha value is -1.32. The molecule has 0 aromatic carbocycles. The molecule has 0 fully saturated rings. The number of anilines is 1. The van der Waals surface area contributed by atoms with E-state index in [9.17, 15) is 4.79 Å². The molecule has 0 spiro atoms. The van der Waals surface area contributed by atoms with Crippen LogP contribution in [0.5, 0.6) is 0 Å². The second-order valence-corrected chi connectivity index (χ2v) is 3.62. The van der Waals surface area contributed by atoms with Gasteiger partial charge in [-0.2, -0.15) is 0 Å². The Morgan fingerprint density at radius 3 is 3.14 bits per heavy atom. The van der Waals surface area contributed by atoms with Crippen molar-refractivity contribution in [2.24, 2.45) is 0 Å². The number of nitrogens with zero attached hydrogens (tertiary/aromatic N) is 1. The Labute approximate surface area is 82.8 Å². The number of nitrogens with one attached hydrogen (secondary N) is 2. The van der Waals surface area contributed by atoms with Gasteiger partial charge in [-0.1, -0.05) is 6.92 Å². The van der Waals surface area contributed by atoms with Crippen molar-refractivity contribution in [1.29, 1.82) is 0 Å². The molecule has 0 radical (unpaired) electrons. The van der Waals surface area contributed by atoms with Crippen molar-refractivity contribution >= 4 is 5.95 Å². The van der Waals surface area contributed by atoms with E-state index in [0.717, 1.165) is 43.5 Å². The molecule has 4 nitrogen and oxygen atoms in total. The zero-order valence-corrected chi connectivity index (χ0v) is 8.39. The second kappa shape index (κ2) is 3.82. The summed E-state index contributed by atoms with van der Waals surface area (Å²) in [4.78, 5) is 18.7. The summed E-state index contributed by atoms with van der Waals surface area (Å²) < 4.78 is 0. The van der Waals surface area contributed by atoms with Gasteiger partial charge in [0, 0.05) is 12.1 Å². The smallest absolute Gasteiger partial charge is 0.255 e. The predicted molar refractivity (Wildman–Crippen MR) is 55.7 cm³/mol. The highest BCUT2D eigenvalue weighted by atomic mass is 16.1. The Balaban J connectivity index is 2.28. The van der Waals surface area contributed by atoms with Crippen LogP contribution in [0.1, 0.15) is 31.0 Å². The van der Waals surface area contributed by atoms with Crippen LogP contribution in [0.3, 0.4) is 0 Å². The zero-order valence-electron chi connectivity index (χ0n) is 8.39. The van der Waals surface area contributed by atoms with E-state index in [1.807, 2.05) is 0 Å². The van der Waals surface area contributed by atoms with Crippen LogP contribution in [0.4, 0.5) is 5.95 Å². The summed E-state index contributed by atoms with van der Waals surface area (Å²) in [6.07, 6.45) is 3.91. The third kappa shape index (κ3) is 1.64. The van der Waals surface area contributed by atoms with Crippen LogP contribution in [-0.4, -0.2) is 16.5 Å². The molecule has 0 saturated heterocycles. The van der Waals surface area contributed by atoms with E-state index in [0.29, 0.717) is 5.95 Å². The van der Waals surface area contributed by atoms with Crippen molar-refractivity contribution in [3.8, 4) is 0 Å². The largest absolute Gasteiger partial charge is 0.356 e. The normalized spacial score (nSPS) is 14.1. The van der Waals surface area contributed by atoms with Gasteiger partial charge in [-0.25, -0.2) is 4.98 Å². The van der Waals surface area contributed by atoms with Gasteiger partial charge in [0.15, 0.2) is 0 Å². The molecule has 0 aliphatic heterocycles. The molecule has 1 aliphatic carbocycles. The average molecular weight is 193 g/mol. The second-order valence-electron chi connectivity index (χ2n) is 3.62. The van der Waals surface area contributed by atoms with Crippen LogP contribution in [0.15, 0.2) is 4.79 Å². The maximum atomic E-state index is 11.6. The Bertz CT molecular complexity index is 383. The highest BCUT2D eigenvalue weighted by molar-refractivity contribution is 5.31.